The van der Waals surface area contributed by atoms with Gasteiger partial charge in [0.25, 0.3) is 0 Å². The van der Waals surface area contributed by atoms with Crippen LogP contribution >= 0.6 is 0 Å². The average Bonchev–Trinajstić information content (AvgIpc) is 2.62. The lowest BCUT2D eigenvalue weighted by Gasteiger charge is -2.39. The predicted octanol–water partition coefficient (Wildman–Crippen LogP) is 5.56. The van der Waals surface area contributed by atoms with Crippen molar-refractivity contribution in [2.24, 2.45) is 0 Å². The van der Waals surface area contributed by atoms with E-state index in [0.29, 0.717) is 11.1 Å². The fourth-order valence-electron chi connectivity index (χ4n) is 3.51. The molecule has 2 aromatic carbocycles. The molecule has 0 N–H and O–H groups in total. The van der Waals surface area contributed by atoms with E-state index in [1.165, 1.54) is 48.5 Å². The van der Waals surface area contributed by atoms with Crippen LogP contribution in [-0.4, -0.2) is 30.5 Å². The number of carbonyl (C=O) groups is 1. The van der Waals surface area contributed by atoms with E-state index in [4.69, 9.17) is 0 Å². The second-order valence-corrected chi connectivity index (χ2v) is 6.88. The molecule has 0 aromatic heterocycles. The molecule has 4 nitrogen and oxygen atoms in total. The molecular formula is C20H17F6NO3. The van der Waals surface area contributed by atoms with E-state index in [2.05, 4.69) is 9.47 Å². The lowest BCUT2D eigenvalue weighted by molar-refractivity contribution is -0.275. The van der Waals surface area contributed by atoms with Crippen LogP contribution in [0.3, 0.4) is 0 Å². The van der Waals surface area contributed by atoms with Gasteiger partial charge in [-0.05, 0) is 42.4 Å². The molecule has 2 aromatic rings. The van der Waals surface area contributed by atoms with Gasteiger partial charge >= 0.3 is 12.7 Å². The van der Waals surface area contributed by atoms with Gasteiger partial charge in [0.15, 0.2) is 0 Å². The molecular weight excluding hydrogens is 416 g/mol. The molecule has 0 spiro atoms. The van der Waals surface area contributed by atoms with Gasteiger partial charge in [-0.25, -0.2) is 0 Å². The van der Waals surface area contributed by atoms with E-state index in [0.717, 1.165) is 0 Å². The summed E-state index contributed by atoms with van der Waals surface area (Å²) in [5.74, 6) is -0.796. The smallest absolute Gasteiger partial charge is 0.406 e. The number of nitrogens with zero attached hydrogens (tertiary/aromatic N) is 1. The van der Waals surface area contributed by atoms with Crippen LogP contribution in [0.25, 0.3) is 0 Å². The molecule has 2 atom stereocenters. The summed E-state index contributed by atoms with van der Waals surface area (Å²) < 4.78 is 81.6. The van der Waals surface area contributed by atoms with Crippen molar-refractivity contribution in [3.05, 3.63) is 59.7 Å². The second-order valence-electron chi connectivity index (χ2n) is 6.88. The quantitative estimate of drug-likeness (QED) is 0.592. The van der Waals surface area contributed by atoms with Gasteiger partial charge in [0, 0.05) is 24.9 Å². The third-order valence-corrected chi connectivity index (χ3v) is 4.82. The van der Waals surface area contributed by atoms with E-state index in [9.17, 15) is 31.1 Å². The highest BCUT2D eigenvalue weighted by Gasteiger charge is 2.35. The molecule has 0 amide bonds. The summed E-state index contributed by atoms with van der Waals surface area (Å²) in [5.41, 5.74) is 1.25. The second kappa shape index (κ2) is 8.17. The Labute approximate surface area is 168 Å². The standard InChI is InChI=1S/C20H17F6NO3/c1-27-17(12-2-6-15(7-3-12)29-19(21,22)23)10-14(28)11-18(27)13-4-8-16(9-5-13)30-20(24,25)26/h2-9,17-18H,10-11H2,1H3. The van der Waals surface area contributed by atoms with E-state index in [-0.39, 0.29) is 30.1 Å². The number of ether oxygens (including phenoxy) is 2. The molecule has 1 fully saturated rings. The average molecular weight is 433 g/mol. The molecule has 1 heterocycles. The maximum absolute atomic E-state index is 12.3. The first kappa shape index (κ1) is 21.9. The van der Waals surface area contributed by atoms with Crippen LogP contribution < -0.4 is 9.47 Å². The van der Waals surface area contributed by atoms with Crippen molar-refractivity contribution >= 4 is 5.78 Å². The fourth-order valence-corrected chi connectivity index (χ4v) is 3.51. The number of likely N-dealkylation sites (tertiary alicyclic amines) is 1. The molecule has 30 heavy (non-hydrogen) atoms. The Bertz CT molecular complexity index is 806. The van der Waals surface area contributed by atoms with Crippen molar-refractivity contribution in [1.29, 1.82) is 0 Å². The number of benzene rings is 2. The number of hydrogen-bond acceptors (Lipinski definition) is 4. The van der Waals surface area contributed by atoms with Crippen LogP contribution in [0.2, 0.25) is 0 Å². The van der Waals surface area contributed by atoms with Crippen LogP contribution in [0.4, 0.5) is 26.3 Å². The van der Waals surface area contributed by atoms with Crippen molar-refractivity contribution in [1.82, 2.24) is 4.90 Å². The number of hydrogen-bond donors (Lipinski definition) is 0. The first-order valence-corrected chi connectivity index (χ1v) is 8.86. The number of Topliss-reactive ketones (excluding diaryl/α,β-unsaturated/α-hetero) is 1. The number of rotatable bonds is 4. The third-order valence-electron chi connectivity index (χ3n) is 4.82. The van der Waals surface area contributed by atoms with Crippen molar-refractivity contribution in [2.45, 2.75) is 37.7 Å². The fraction of sp³-hybridized carbons (Fsp3) is 0.350. The minimum Gasteiger partial charge on any atom is -0.406 e. The monoisotopic (exact) mass is 433 g/mol. The maximum Gasteiger partial charge on any atom is 0.573 e. The lowest BCUT2D eigenvalue weighted by atomic mass is 9.87. The van der Waals surface area contributed by atoms with E-state index in [1.54, 1.807) is 7.05 Å². The van der Waals surface area contributed by atoms with Gasteiger partial charge in [-0.1, -0.05) is 24.3 Å². The summed E-state index contributed by atoms with van der Waals surface area (Å²) in [6.45, 7) is 0. The number of halogens is 6. The third kappa shape index (κ3) is 5.65. The Hall–Kier alpha value is -2.75. The molecule has 10 heteroatoms. The lowest BCUT2D eigenvalue weighted by Crippen LogP contribution is -2.37. The van der Waals surface area contributed by atoms with Gasteiger partial charge in [-0.3, -0.25) is 9.69 Å². The molecule has 2 unspecified atom stereocenters. The summed E-state index contributed by atoms with van der Waals surface area (Å²) >= 11 is 0. The molecule has 0 saturated carbocycles. The molecule has 162 valence electrons. The van der Waals surface area contributed by atoms with Gasteiger partial charge in [0.1, 0.15) is 17.3 Å². The van der Waals surface area contributed by atoms with Crippen LogP contribution in [0, 0.1) is 0 Å². The Morgan fingerprint density at radius 1 is 0.733 bits per heavy atom. The normalized spacial score (nSPS) is 20.8. The molecule has 1 saturated heterocycles. The number of alkyl halides is 6. The Morgan fingerprint density at radius 2 is 1.07 bits per heavy atom. The van der Waals surface area contributed by atoms with Crippen molar-refractivity contribution in [3.8, 4) is 11.5 Å². The Morgan fingerprint density at radius 3 is 1.37 bits per heavy atom. The van der Waals surface area contributed by atoms with Gasteiger partial charge in [-0.15, -0.1) is 26.3 Å². The summed E-state index contributed by atoms with van der Waals surface area (Å²) in [6.07, 6.45) is -9.26. The van der Waals surface area contributed by atoms with Crippen LogP contribution in [0.15, 0.2) is 48.5 Å². The molecule has 1 aliphatic heterocycles. The Balaban J connectivity index is 1.78. The van der Waals surface area contributed by atoms with Crippen molar-refractivity contribution in [2.75, 3.05) is 7.05 Å². The van der Waals surface area contributed by atoms with Gasteiger partial charge in [0.05, 0.1) is 0 Å². The number of piperidine rings is 1. The zero-order chi connectivity index (χ0) is 22.1. The number of ketones is 1. The highest BCUT2D eigenvalue weighted by molar-refractivity contribution is 5.81. The van der Waals surface area contributed by atoms with E-state index >= 15 is 0 Å². The topological polar surface area (TPSA) is 38.8 Å². The largest absolute Gasteiger partial charge is 0.573 e. The molecule has 0 aliphatic carbocycles. The zero-order valence-corrected chi connectivity index (χ0v) is 15.6. The number of carbonyl (C=O) groups excluding carboxylic acids is 1. The predicted molar refractivity (Wildman–Crippen MR) is 93.7 cm³/mol. The molecule has 3 rings (SSSR count). The summed E-state index contributed by atoms with van der Waals surface area (Å²) in [7, 11) is 1.75. The van der Waals surface area contributed by atoms with E-state index < -0.39 is 24.8 Å². The van der Waals surface area contributed by atoms with Crippen LogP contribution in [0.1, 0.15) is 36.1 Å². The molecule has 1 aliphatic rings. The van der Waals surface area contributed by atoms with Crippen LogP contribution in [-0.2, 0) is 4.79 Å². The summed E-state index contributed by atoms with van der Waals surface area (Å²) in [4.78, 5) is 14.2. The zero-order valence-electron chi connectivity index (χ0n) is 15.6. The Kier molecular flexibility index (Phi) is 5.98. The SMILES string of the molecule is CN1C(c2ccc(OC(F)(F)F)cc2)CC(=O)CC1c1ccc(OC(F)(F)F)cc1. The summed E-state index contributed by atoms with van der Waals surface area (Å²) in [6, 6.07) is 9.72. The highest BCUT2D eigenvalue weighted by atomic mass is 19.4. The highest BCUT2D eigenvalue weighted by Crippen LogP contribution is 2.40. The van der Waals surface area contributed by atoms with Gasteiger partial charge in [-0.2, -0.15) is 0 Å². The first-order valence-electron chi connectivity index (χ1n) is 8.86. The van der Waals surface area contributed by atoms with Gasteiger partial charge < -0.3 is 9.47 Å². The molecule has 0 radical (unpaired) electrons. The van der Waals surface area contributed by atoms with Crippen molar-refractivity contribution < 1.29 is 40.6 Å². The minimum atomic E-state index is -4.80. The summed E-state index contributed by atoms with van der Waals surface area (Å²) in [5, 5.41) is 0. The van der Waals surface area contributed by atoms with E-state index in [1.807, 2.05) is 4.90 Å². The van der Waals surface area contributed by atoms with Crippen LogP contribution in [0.5, 0.6) is 11.5 Å². The van der Waals surface area contributed by atoms with Crippen molar-refractivity contribution in [3.63, 3.8) is 0 Å². The molecule has 0 bridgehead atoms. The minimum absolute atomic E-state index is 0.0608. The first-order chi connectivity index (χ1) is 13.9. The maximum atomic E-state index is 12.3. The van der Waals surface area contributed by atoms with Gasteiger partial charge in [0.2, 0.25) is 0 Å².